The number of hydrogen-bond donors (Lipinski definition) is 8. The van der Waals surface area contributed by atoms with Gasteiger partial charge >= 0.3 is 0 Å². The van der Waals surface area contributed by atoms with Crippen molar-refractivity contribution in [2.75, 3.05) is 50.8 Å². The van der Waals surface area contributed by atoms with Crippen LogP contribution in [0.3, 0.4) is 0 Å². The fourth-order valence-electron chi connectivity index (χ4n) is 2.03. The van der Waals surface area contributed by atoms with Crippen molar-refractivity contribution in [3.63, 3.8) is 0 Å². The molecule has 154 valence electrons. The molecule has 0 saturated carbocycles. The zero-order valence-corrected chi connectivity index (χ0v) is 17.3. The summed E-state index contributed by atoms with van der Waals surface area (Å²) < 4.78 is 0. The van der Waals surface area contributed by atoms with Crippen molar-refractivity contribution in [2.24, 2.45) is 11.5 Å². The number of amides is 2. The highest BCUT2D eigenvalue weighted by atomic mass is 32.1. The Bertz CT molecular complexity index is 343. The standard InChI is InChI=1S/C16H36N6O2S2/c17-13(11-25)15(23)21-9-3-7-19-5-1-2-6-20-8-4-10-22-16(24)14(18)12-26/h13-14,19-20,25-26H,1-12,17-18H2,(H,21,23)(H,22,24)/t13-,14-/m0/s1. The molecular formula is C16H36N6O2S2. The van der Waals surface area contributed by atoms with Crippen LogP contribution in [0.4, 0.5) is 0 Å². The first-order valence-corrected chi connectivity index (χ1v) is 10.5. The first-order valence-electron chi connectivity index (χ1n) is 9.22. The van der Waals surface area contributed by atoms with Crippen molar-refractivity contribution in [3.8, 4) is 0 Å². The van der Waals surface area contributed by atoms with E-state index in [9.17, 15) is 9.59 Å². The summed E-state index contributed by atoms with van der Waals surface area (Å²) in [7, 11) is 0. The molecule has 0 aromatic carbocycles. The monoisotopic (exact) mass is 408 g/mol. The maximum atomic E-state index is 11.4. The molecule has 0 aliphatic rings. The first kappa shape index (κ1) is 25.5. The Morgan fingerprint density at radius 1 is 0.654 bits per heavy atom. The molecule has 0 unspecified atom stereocenters. The molecule has 10 heteroatoms. The molecule has 8 nitrogen and oxygen atoms in total. The van der Waals surface area contributed by atoms with Crippen molar-refractivity contribution in [3.05, 3.63) is 0 Å². The van der Waals surface area contributed by atoms with Gasteiger partial charge in [-0.05, 0) is 51.9 Å². The van der Waals surface area contributed by atoms with Crippen molar-refractivity contribution in [2.45, 2.75) is 37.8 Å². The average Bonchev–Trinajstić information content (AvgIpc) is 2.66. The highest BCUT2D eigenvalue weighted by Gasteiger charge is 2.10. The third kappa shape index (κ3) is 14.6. The van der Waals surface area contributed by atoms with Crippen LogP contribution in [0.2, 0.25) is 0 Å². The summed E-state index contributed by atoms with van der Waals surface area (Å²) in [6.45, 7) is 4.93. The van der Waals surface area contributed by atoms with E-state index in [1.54, 1.807) is 0 Å². The van der Waals surface area contributed by atoms with Gasteiger partial charge in [0.25, 0.3) is 0 Å². The van der Waals surface area contributed by atoms with Crippen LogP contribution >= 0.6 is 25.3 Å². The largest absolute Gasteiger partial charge is 0.355 e. The van der Waals surface area contributed by atoms with Gasteiger partial charge in [-0.25, -0.2) is 0 Å². The van der Waals surface area contributed by atoms with Gasteiger partial charge in [-0.1, -0.05) is 0 Å². The third-order valence-electron chi connectivity index (χ3n) is 3.68. The number of rotatable bonds is 17. The Labute approximate surface area is 168 Å². The number of nitrogens with two attached hydrogens (primary N) is 2. The molecule has 0 rings (SSSR count). The van der Waals surface area contributed by atoms with Gasteiger partial charge in [0.05, 0.1) is 12.1 Å². The van der Waals surface area contributed by atoms with Crippen LogP contribution in [0.25, 0.3) is 0 Å². The summed E-state index contributed by atoms with van der Waals surface area (Å²) in [5.74, 6) is 0.430. The van der Waals surface area contributed by atoms with Gasteiger partial charge in [-0.2, -0.15) is 25.3 Å². The van der Waals surface area contributed by atoms with Crippen LogP contribution in [-0.4, -0.2) is 74.7 Å². The van der Waals surface area contributed by atoms with Crippen LogP contribution in [0.1, 0.15) is 25.7 Å². The summed E-state index contributed by atoms with van der Waals surface area (Å²) in [6.07, 6.45) is 3.95. The maximum absolute atomic E-state index is 11.4. The summed E-state index contributed by atoms with van der Waals surface area (Å²) in [5.41, 5.74) is 11.1. The molecule has 2 amide bonds. The Kier molecular flexibility index (Phi) is 17.5. The fraction of sp³-hybridized carbons (Fsp3) is 0.875. The number of carbonyl (C=O) groups excluding carboxylic acids is 2. The lowest BCUT2D eigenvalue weighted by Crippen LogP contribution is -2.42. The van der Waals surface area contributed by atoms with Crippen LogP contribution in [0.15, 0.2) is 0 Å². The molecule has 0 radical (unpaired) electrons. The Balaban J connectivity index is 3.23. The molecule has 26 heavy (non-hydrogen) atoms. The zero-order valence-electron chi connectivity index (χ0n) is 15.5. The predicted molar refractivity (Wildman–Crippen MR) is 114 cm³/mol. The van der Waals surface area contributed by atoms with E-state index in [-0.39, 0.29) is 11.8 Å². The van der Waals surface area contributed by atoms with Gasteiger partial charge in [0.1, 0.15) is 0 Å². The predicted octanol–water partition coefficient (Wildman–Crippen LogP) is -1.53. The van der Waals surface area contributed by atoms with Crippen molar-refractivity contribution >= 4 is 37.1 Å². The summed E-state index contributed by atoms with van der Waals surface area (Å²) in [5, 5.41) is 12.3. The quantitative estimate of drug-likeness (QED) is 0.109. The molecule has 0 bridgehead atoms. The van der Waals surface area contributed by atoms with Gasteiger partial charge in [-0.15, -0.1) is 0 Å². The lowest BCUT2D eigenvalue weighted by atomic mass is 10.3. The minimum atomic E-state index is -0.527. The van der Waals surface area contributed by atoms with Gasteiger partial charge in [0.2, 0.25) is 11.8 Å². The van der Waals surface area contributed by atoms with Crippen molar-refractivity contribution < 1.29 is 9.59 Å². The summed E-state index contributed by atoms with van der Waals surface area (Å²) in [4.78, 5) is 22.8. The fourth-order valence-corrected chi connectivity index (χ4v) is 2.36. The first-order chi connectivity index (χ1) is 12.5. The zero-order chi connectivity index (χ0) is 19.6. The molecule has 0 aromatic heterocycles. The average molecular weight is 409 g/mol. The van der Waals surface area contributed by atoms with Gasteiger partial charge in [-0.3, -0.25) is 9.59 Å². The molecule has 0 saturated heterocycles. The molecule has 0 aromatic rings. The van der Waals surface area contributed by atoms with E-state index in [2.05, 4.69) is 46.5 Å². The minimum Gasteiger partial charge on any atom is -0.355 e. The molecule has 2 atom stereocenters. The molecular weight excluding hydrogens is 372 g/mol. The van der Waals surface area contributed by atoms with E-state index in [1.165, 1.54) is 0 Å². The normalized spacial score (nSPS) is 13.2. The highest BCUT2D eigenvalue weighted by molar-refractivity contribution is 7.80. The molecule has 8 N–H and O–H groups in total. The SMILES string of the molecule is N[C@@H](CS)C(=O)NCCCNCCCCNCCCNC(=O)[C@@H](N)CS. The Hall–Kier alpha value is -0.520. The summed E-state index contributed by atoms with van der Waals surface area (Å²) >= 11 is 7.98. The van der Waals surface area contributed by atoms with E-state index in [0.717, 1.165) is 51.9 Å². The van der Waals surface area contributed by atoms with Gasteiger partial charge < -0.3 is 32.7 Å². The Morgan fingerprint density at radius 3 is 1.35 bits per heavy atom. The van der Waals surface area contributed by atoms with E-state index in [4.69, 9.17) is 11.5 Å². The third-order valence-corrected chi connectivity index (χ3v) is 4.47. The van der Waals surface area contributed by atoms with Crippen molar-refractivity contribution in [1.82, 2.24) is 21.3 Å². The number of hydrogen-bond acceptors (Lipinski definition) is 8. The van der Waals surface area contributed by atoms with E-state index >= 15 is 0 Å². The van der Waals surface area contributed by atoms with Crippen LogP contribution in [0.5, 0.6) is 0 Å². The van der Waals surface area contributed by atoms with Crippen LogP contribution in [0, 0.1) is 0 Å². The molecule has 0 spiro atoms. The van der Waals surface area contributed by atoms with Crippen LogP contribution in [-0.2, 0) is 9.59 Å². The second-order valence-corrected chi connectivity index (χ2v) is 6.80. The maximum Gasteiger partial charge on any atom is 0.237 e. The van der Waals surface area contributed by atoms with Gasteiger partial charge in [0.15, 0.2) is 0 Å². The number of nitrogens with one attached hydrogen (secondary N) is 4. The van der Waals surface area contributed by atoms with E-state index < -0.39 is 12.1 Å². The number of thiol groups is 2. The molecule has 0 fully saturated rings. The number of unbranched alkanes of at least 4 members (excludes halogenated alkanes) is 1. The van der Waals surface area contributed by atoms with Gasteiger partial charge in [0, 0.05) is 24.6 Å². The Morgan fingerprint density at radius 2 is 1.00 bits per heavy atom. The minimum absolute atomic E-state index is 0.143. The lowest BCUT2D eigenvalue weighted by Gasteiger charge is -2.10. The second-order valence-electron chi connectivity index (χ2n) is 6.07. The lowest BCUT2D eigenvalue weighted by molar-refractivity contribution is -0.122. The van der Waals surface area contributed by atoms with Crippen molar-refractivity contribution in [1.29, 1.82) is 0 Å². The van der Waals surface area contributed by atoms with E-state index in [1.807, 2.05) is 0 Å². The topological polar surface area (TPSA) is 134 Å². The van der Waals surface area contributed by atoms with Crippen LogP contribution < -0.4 is 32.7 Å². The van der Waals surface area contributed by atoms with E-state index in [0.29, 0.717) is 24.6 Å². The molecule has 0 aliphatic carbocycles. The summed E-state index contributed by atoms with van der Waals surface area (Å²) in [6, 6.07) is -1.05. The smallest absolute Gasteiger partial charge is 0.237 e. The highest BCUT2D eigenvalue weighted by Crippen LogP contribution is 1.87. The molecule has 0 aliphatic heterocycles. The number of carbonyl (C=O) groups is 2. The second kappa shape index (κ2) is 17.9. The molecule has 0 heterocycles.